The largest absolute Gasteiger partial charge is 0.424 e. The van der Waals surface area contributed by atoms with Crippen molar-refractivity contribution in [2.24, 2.45) is 5.92 Å². The third-order valence-electron chi connectivity index (χ3n) is 4.27. The van der Waals surface area contributed by atoms with E-state index in [1.165, 1.54) is 0 Å². The molecule has 27 heavy (non-hydrogen) atoms. The molecule has 1 aliphatic rings. The summed E-state index contributed by atoms with van der Waals surface area (Å²) in [6.07, 6.45) is 5.22. The van der Waals surface area contributed by atoms with Crippen molar-refractivity contribution in [3.05, 3.63) is 30.7 Å². The highest BCUT2D eigenvalue weighted by Gasteiger charge is 2.33. The van der Waals surface area contributed by atoms with Gasteiger partial charge in [0.05, 0.1) is 12.2 Å². The summed E-state index contributed by atoms with van der Waals surface area (Å²) in [5.41, 5.74) is 0.815. The van der Waals surface area contributed by atoms with E-state index in [0.717, 1.165) is 5.56 Å². The Kier molecular flexibility index (Phi) is 5.49. The Balaban J connectivity index is 1.69. The minimum atomic E-state index is -0.814. The van der Waals surface area contributed by atoms with Crippen LogP contribution in [0.25, 0.3) is 11.3 Å². The van der Waals surface area contributed by atoms with Gasteiger partial charge in [0, 0.05) is 24.5 Å². The molecule has 0 aromatic carbocycles. The van der Waals surface area contributed by atoms with Gasteiger partial charge >= 0.3 is 0 Å². The van der Waals surface area contributed by atoms with Crippen LogP contribution in [0.4, 0.5) is 6.01 Å². The van der Waals surface area contributed by atoms with E-state index in [9.17, 15) is 14.4 Å². The molecule has 2 atom stereocenters. The van der Waals surface area contributed by atoms with Gasteiger partial charge in [-0.1, -0.05) is 13.8 Å². The van der Waals surface area contributed by atoms with Crippen LogP contribution in [0, 0.1) is 5.92 Å². The van der Waals surface area contributed by atoms with Gasteiger partial charge in [-0.3, -0.25) is 19.4 Å². The summed E-state index contributed by atoms with van der Waals surface area (Å²) in [7, 11) is 0. The fourth-order valence-corrected chi connectivity index (χ4v) is 2.76. The molecular formula is C18H21N5O4. The molecule has 9 heteroatoms. The fourth-order valence-electron chi connectivity index (χ4n) is 2.76. The normalized spacial score (nSPS) is 18.1. The first kappa shape index (κ1) is 18.6. The third-order valence-corrected chi connectivity index (χ3v) is 4.27. The van der Waals surface area contributed by atoms with Crippen LogP contribution < -0.4 is 16.0 Å². The zero-order valence-electron chi connectivity index (χ0n) is 15.1. The number of hydrogen-bond acceptors (Lipinski definition) is 7. The fraction of sp³-hybridized carbons (Fsp3) is 0.389. The second-order valence-electron chi connectivity index (χ2n) is 6.60. The molecule has 9 nitrogen and oxygen atoms in total. The number of pyridine rings is 1. The molecule has 2 unspecified atom stereocenters. The Hall–Kier alpha value is -3.23. The number of carbonyl (C=O) groups is 3. The van der Waals surface area contributed by atoms with E-state index in [0.29, 0.717) is 18.7 Å². The Labute approximate surface area is 155 Å². The van der Waals surface area contributed by atoms with Crippen LogP contribution in [0.5, 0.6) is 0 Å². The van der Waals surface area contributed by atoms with Gasteiger partial charge in [0.2, 0.25) is 11.7 Å². The molecule has 1 saturated heterocycles. The van der Waals surface area contributed by atoms with Crippen LogP contribution in [-0.4, -0.2) is 46.2 Å². The standard InChI is InChI=1S/C18H21N5O4/c1-10(2)14(16(25)22-12-5-8-20-17(26)15(12)24)23-18-21-9-13(27-18)11-3-6-19-7-4-11/h3-4,6-7,9-10,12,14H,5,8H2,1-2H3,(H,20,26)(H,21,23)(H,22,25). The Morgan fingerprint density at radius 2 is 2.04 bits per heavy atom. The third kappa shape index (κ3) is 4.30. The number of Topliss-reactive ketones (excluding diaryl/α,β-unsaturated/α-hetero) is 1. The summed E-state index contributed by atoms with van der Waals surface area (Å²) in [5.74, 6) is -1.25. The average Bonchev–Trinajstić information content (AvgIpc) is 3.13. The topological polar surface area (TPSA) is 126 Å². The zero-order valence-corrected chi connectivity index (χ0v) is 15.1. The zero-order chi connectivity index (χ0) is 19.4. The van der Waals surface area contributed by atoms with E-state index < -0.39 is 23.8 Å². The van der Waals surface area contributed by atoms with E-state index in [1.807, 2.05) is 13.8 Å². The highest BCUT2D eigenvalue weighted by molar-refractivity contribution is 6.39. The molecule has 3 heterocycles. The Morgan fingerprint density at radius 3 is 2.74 bits per heavy atom. The molecule has 0 spiro atoms. The molecule has 0 bridgehead atoms. The van der Waals surface area contributed by atoms with Crippen LogP contribution in [0.3, 0.4) is 0 Å². The molecule has 0 saturated carbocycles. The van der Waals surface area contributed by atoms with Crippen molar-refractivity contribution >= 4 is 23.6 Å². The summed E-state index contributed by atoms with van der Waals surface area (Å²) in [6, 6.07) is 2.29. The highest BCUT2D eigenvalue weighted by atomic mass is 16.4. The van der Waals surface area contributed by atoms with E-state index in [4.69, 9.17) is 4.42 Å². The van der Waals surface area contributed by atoms with Crippen molar-refractivity contribution in [1.82, 2.24) is 20.6 Å². The lowest BCUT2D eigenvalue weighted by atomic mass is 10.0. The van der Waals surface area contributed by atoms with Gasteiger partial charge in [0.1, 0.15) is 6.04 Å². The van der Waals surface area contributed by atoms with Gasteiger partial charge in [-0.05, 0) is 24.5 Å². The maximum Gasteiger partial charge on any atom is 0.295 e. The lowest BCUT2D eigenvalue weighted by Crippen LogP contribution is -2.56. The SMILES string of the molecule is CC(C)C(Nc1ncc(-c2ccncc2)o1)C(=O)NC1CCNC(=O)C1=O. The number of hydrogen-bond donors (Lipinski definition) is 3. The quantitative estimate of drug-likeness (QED) is 0.640. The molecule has 0 radical (unpaired) electrons. The molecule has 2 amide bonds. The minimum Gasteiger partial charge on any atom is -0.424 e. The van der Waals surface area contributed by atoms with Crippen LogP contribution in [0.1, 0.15) is 20.3 Å². The van der Waals surface area contributed by atoms with E-state index in [-0.39, 0.29) is 17.8 Å². The van der Waals surface area contributed by atoms with Crippen molar-refractivity contribution in [1.29, 1.82) is 0 Å². The van der Waals surface area contributed by atoms with Gasteiger partial charge in [0.25, 0.3) is 11.9 Å². The first-order valence-electron chi connectivity index (χ1n) is 8.71. The second-order valence-corrected chi connectivity index (χ2v) is 6.60. The van der Waals surface area contributed by atoms with Gasteiger partial charge in [-0.2, -0.15) is 0 Å². The van der Waals surface area contributed by atoms with Crippen molar-refractivity contribution in [2.45, 2.75) is 32.4 Å². The molecule has 2 aromatic heterocycles. The van der Waals surface area contributed by atoms with Crippen LogP contribution in [0.2, 0.25) is 0 Å². The first-order chi connectivity index (χ1) is 13.0. The lowest BCUT2D eigenvalue weighted by molar-refractivity contribution is -0.141. The summed E-state index contributed by atoms with van der Waals surface area (Å²) in [4.78, 5) is 44.1. The molecule has 142 valence electrons. The lowest BCUT2D eigenvalue weighted by Gasteiger charge is -2.26. The molecule has 3 rings (SSSR count). The molecule has 1 fully saturated rings. The van der Waals surface area contributed by atoms with Crippen LogP contribution >= 0.6 is 0 Å². The van der Waals surface area contributed by atoms with Gasteiger partial charge < -0.3 is 20.4 Å². The summed E-state index contributed by atoms with van der Waals surface area (Å²) >= 11 is 0. The van der Waals surface area contributed by atoms with Crippen LogP contribution in [-0.2, 0) is 14.4 Å². The summed E-state index contributed by atoms with van der Waals surface area (Å²) in [6.45, 7) is 4.07. The molecule has 3 N–H and O–H groups in total. The van der Waals surface area contributed by atoms with Gasteiger partial charge in [-0.25, -0.2) is 4.98 Å². The number of nitrogens with zero attached hydrogens (tertiary/aromatic N) is 2. The minimum absolute atomic E-state index is 0.103. The molecular weight excluding hydrogens is 350 g/mol. The monoisotopic (exact) mass is 371 g/mol. The summed E-state index contributed by atoms with van der Waals surface area (Å²) < 4.78 is 5.67. The number of amides is 2. The number of carbonyl (C=O) groups excluding carboxylic acids is 3. The molecule has 2 aromatic rings. The van der Waals surface area contributed by atoms with Gasteiger partial charge in [0.15, 0.2) is 5.76 Å². The van der Waals surface area contributed by atoms with Crippen molar-refractivity contribution < 1.29 is 18.8 Å². The summed E-state index contributed by atoms with van der Waals surface area (Å²) in [5, 5.41) is 8.08. The second kappa shape index (κ2) is 7.98. The number of oxazole rings is 1. The number of anilines is 1. The van der Waals surface area contributed by atoms with E-state index in [1.54, 1.807) is 30.7 Å². The maximum atomic E-state index is 12.7. The number of nitrogens with one attached hydrogen (secondary N) is 3. The predicted molar refractivity (Wildman–Crippen MR) is 96.5 cm³/mol. The molecule has 0 aliphatic carbocycles. The number of ketones is 1. The van der Waals surface area contributed by atoms with E-state index >= 15 is 0 Å². The highest BCUT2D eigenvalue weighted by Crippen LogP contribution is 2.22. The van der Waals surface area contributed by atoms with Gasteiger partial charge in [-0.15, -0.1) is 0 Å². The average molecular weight is 371 g/mol. The van der Waals surface area contributed by atoms with Crippen LogP contribution in [0.15, 0.2) is 35.1 Å². The Bertz CT molecular complexity index is 833. The van der Waals surface area contributed by atoms with Crippen molar-refractivity contribution in [2.75, 3.05) is 11.9 Å². The Morgan fingerprint density at radius 1 is 1.30 bits per heavy atom. The number of rotatable bonds is 6. The molecule has 1 aliphatic heterocycles. The van der Waals surface area contributed by atoms with Crippen molar-refractivity contribution in [3.8, 4) is 11.3 Å². The van der Waals surface area contributed by atoms with E-state index in [2.05, 4.69) is 25.9 Å². The smallest absolute Gasteiger partial charge is 0.295 e. The van der Waals surface area contributed by atoms with Crippen molar-refractivity contribution in [3.63, 3.8) is 0 Å². The number of aromatic nitrogens is 2. The number of piperidine rings is 1. The first-order valence-corrected chi connectivity index (χ1v) is 8.71. The maximum absolute atomic E-state index is 12.7. The predicted octanol–water partition coefficient (Wildman–Crippen LogP) is 0.747.